The van der Waals surface area contributed by atoms with Gasteiger partial charge < -0.3 is 9.47 Å². The van der Waals surface area contributed by atoms with Crippen molar-refractivity contribution in [2.24, 2.45) is 0 Å². The molecule has 0 aliphatic heterocycles. The van der Waals surface area contributed by atoms with Crippen LogP contribution in [0, 0.1) is 0 Å². The number of carbonyl (C=O) groups excluding carboxylic acids is 2. The molecule has 32 heavy (non-hydrogen) atoms. The Morgan fingerprint density at radius 1 is 0.656 bits per heavy atom. The van der Waals surface area contributed by atoms with Gasteiger partial charge in [0.25, 0.3) is 0 Å². The monoisotopic (exact) mass is 422 g/mol. The second kappa shape index (κ2) is 10.00. The van der Waals surface area contributed by atoms with E-state index >= 15 is 0 Å². The lowest BCUT2D eigenvalue weighted by molar-refractivity contribution is -0.567. The maximum Gasteiger partial charge on any atom is 0.343 e. The Bertz CT molecular complexity index is 1240. The zero-order chi connectivity index (χ0) is 22.2. The van der Waals surface area contributed by atoms with Crippen molar-refractivity contribution in [3.05, 3.63) is 126 Å². The molecule has 0 spiro atoms. The van der Waals surface area contributed by atoms with E-state index in [4.69, 9.17) is 9.47 Å². The zero-order valence-corrected chi connectivity index (χ0v) is 17.1. The number of pyridine rings is 1. The lowest BCUT2D eigenvalue weighted by atomic mass is 10.1. The maximum atomic E-state index is 12.6. The fourth-order valence-corrected chi connectivity index (χ4v) is 2.96. The van der Waals surface area contributed by atoms with E-state index in [0.29, 0.717) is 16.7 Å². The maximum absolute atomic E-state index is 12.6. The minimum absolute atomic E-state index is 0.277. The molecule has 0 radical (unpaired) electrons. The number of aromatic nitrogens is 1. The van der Waals surface area contributed by atoms with Crippen molar-refractivity contribution in [2.45, 2.75) is 0 Å². The summed E-state index contributed by atoms with van der Waals surface area (Å²) in [7, 11) is 0. The normalized spacial score (nSPS) is 10.6. The van der Waals surface area contributed by atoms with Gasteiger partial charge in [0.2, 0.25) is 0 Å². The third-order valence-corrected chi connectivity index (χ3v) is 4.58. The van der Waals surface area contributed by atoms with Crippen molar-refractivity contribution in [2.75, 3.05) is 0 Å². The average Bonchev–Trinajstić information content (AvgIpc) is 2.85. The molecule has 0 N–H and O–H groups in total. The summed E-state index contributed by atoms with van der Waals surface area (Å²) in [5, 5.41) is 0. The van der Waals surface area contributed by atoms with Crippen LogP contribution in [0.1, 0.15) is 26.3 Å². The van der Waals surface area contributed by atoms with E-state index in [1.54, 1.807) is 60.7 Å². The highest BCUT2D eigenvalue weighted by Gasteiger charge is 2.14. The second-order valence-corrected chi connectivity index (χ2v) is 6.85. The first-order valence-electron chi connectivity index (χ1n) is 10.0. The van der Waals surface area contributed by atoms with Crippen molar-refractivity contribution in [1.82, 2.24) is 0 Å². The Kier molecular flexibility index (Phi) is 6.48. The number of hydrogen-bond acceptors (Lipinski definition) is 4. The van der Waals surface area contributed by atoms with Gasteiger partial charge in [0.05, 0.1) is 11.1 Å². The van der Waals surface area contributed by atoms with Gasteiger partial charge in [0.1, 0.15) is 11.5 Å². The molecule has 1 heterocycles. The van der Waals surface area contributed by atoms with Crippen LogP contribution in [0.3, 0.4) is 0 Å². The van der Waals surface area contributed by atoms with Crippen LogP contribution in [-0.4, -0.2) is 11.9 Å². The summed E-state index contributed by atoms with van der Waals surface area (Å²) >= 11 is 0. The minimum Gasteiger partial charge on any atom is -0.423 e. The fraction of sp³-hybridized carbons (Fsp3) is 0. The molecule has 0 amide bonds. The number of benzene rings is 3. The summed E-state index contributed by atoms with van der Waals surface area (Å²) in [5.74, 6) is -0.433. The highest BCUT2D eigenvalue weighted by atomic mass is 16.5. The molecule has 4 aromatic rings. The Labute approximate surface area is 185 Å². The third-order valence-electron chi connectivity index (χ3n) is 4.58. The van der Waals surface area contributed by atoms with Gasteiger partial charge in [-0.25, -0.2) is 9.59 Å². The molecule has 1 aromatic heterocycles. The summed E-state index contributed by atoms with van der Waals surface area (Å²) in [6.45, 7) is 0. The zero-order valence-electron chi connectivity index (χ0n) is 17.1. The van der Waals surface area contributed by atoms with Gasteiger partial charge in [-0.3, -0.25) is 0 Å². The van der Waals surface area contributed by atoms with Gasteiger partial charge in [0, 0.05) is 29.8 Å². The predicted octanol–water partition coefficient (Wildman–Crippen LogP) is 5.04. The molecule has 0 saturated heterocycles. The van der Waals surface area contributed by atoms with Crippen molar-refractivity contribution in [1.29, 1.82) is 0 Å². The topological polar surface area (TPSA) is 56.5 Å². The molecule has 0 aliphatic carbocycles. The quantitative estimate of drug-likeness (QED) is 0.248. The van der Waals surface area contributed by atoms with Crippen molar-refractivity contribution in [3.63, 3.8) is 0 Å². The summed E-state index contributed by atoms with van der Waals surface area (Å²) in [6, 6.07) is 28.1. The Hall–Kier alpha value is -4.51. The second-order valence-electron chi connectivity index (χ2n) is 6.85. The third kappa shape index (κ3) is 5.34. The van der Waals surface area contributed by atoms with Gasteiger partial charge in [0.15, 0.2) is 18.6 Å². The summed E-state index contributed by atoms with van der Waals surface area (Å²) < 4.78 is 13.0. The van der Waals surface area contributed by atoms with E-state index in [2.05, 4.69) is 0 Å². The first-order chi connectivity index (χ1) is 15.7. The van der Waals surface area contributed by atoms with Gasteiger partial charge in [-0.2, -0.15) is 4.57 Å². The molecule has 5 heteroatoms. The number of hydrogen-bond donors (Lipinski definition) is 0. The predicted molar refractivity (Wildman–Crippen MR) is 121 cm³/mol. The van der Waals surface area contributed by atoms with Crippen LogP contribution in [0.5, 0.6) is 11.5 Å². The molecule has 156 valence electrons. The molecule has 3 aromatic carbocycles. The lowest BCUT2D eigenvalue weighted by Crippen LogP contribution is -2.23. The fourth-order valence-electron chi connectivity index (χ4n) is 2.96. The molecule has 0 fully saturated rings. The SMILES string of the molecule is O=C(Oc1ccc(C=C[n+]2ccccc2)c(OC(=O)c2ccccc2)c1)c1ccccc1. The Balaban J connectivity index is 1.62. The van der Waals surface area contributed by atoms with E-state index in [1.165, 1.54) is 6.07 Å². The summed E-state index contributed by atoms with van der Waals surface area (Å²) in [6.07, 6.45) is 7.44. The van der Waals surface area contributed by atoms with Gasteiger partial charge >= 0.3 is 11.9 Å². The van der Waals surface area contributed by atoms with Crippen LogP contribution in [0.4, 0.5) is 0 Å². The van der Waals surface area contributed by atoms with Crippen molar-refractivity contribution >= 4 is 24.2 Å². The summed E-state index contributed by atoms with van der Waals surface area (Å²) in [4.78, 5) is 25.1. The Morgan fingerprint density at radius 2 is 1.22 bits per heavy atom. The van der Waals surface area contributed by atoms with Crippen molar-refractivity contribution in [3.8, 4) is 11.5 Å². The molecular formula is C27H20NO4+. The van der Waals surface area contributed by atoms with E-state index in [1.807, 2.05) is 59.6 Å². The first kappa shape index (κ1) is 20.8. The molecule has 0 atom stereocenters. The van der Waals surface area contributed by atoms with Crippen LogP contribution < -0.4 is 14.0 Å². The highest BCUT2D eigenvalue weighted by Crippen LogP contribution is 2.27. The van der Waals surface area contributed by atoms with E-state index < -0.39 is 11.9 Å². The van der Waals surface area contributed by atoms with E-state index in [0.717, 1.165) is 0 Å². The van der Waals surface area contributed by atoms with Gasteiger partial charge in [-0.1, -0.05) is 42.5 Å². The van der Waals surface area contributed by atoms with Crippen LogP contribution in [0.25, 0.3) is 12.3 Å². The van der Waals surface area contributed by atoms with Crippen LogP contribution >= 0.6 is 0 Å². The molecule has 5 nitrogen and oxygen atoms in total. The van der Waals surface area contributed by atoms with E-state index in [9.17, 15) is 9.59 Å². The van der Waals surface area contributed by atoms with E-state index in [-0.39, 0.29) is 11.5 Å². The van der Waals surface area contributed by atoms with Crippen LogP contribution in [-0.2, 0) is 0 Å². The number of nitrogens with zero attached hydrogens (tertiary/aromatic N) is 1. The van der Waals surface area contributed by atoms with Crippen molar-refractivity contribution < 1.29 is 23.6 Å². The number of esters is 2. The minimum atomic E-state index is -0.501. The largest absolute Gasteiger partial charge is 0.423 e. The average molecular weight is 422 g/mol. The molecule has 0 bridgehead atoms. The molecule has 0 unspecified atom stereocenters. The number of ether oxygens (including phenoxy) is 2. The summed E-state index contributed by atoms with van der Waals surface area (Å²) in [5.41, 5.74) is 1.51. The lowest BCUT2D eigenvalue weighted by Gasteiger charge is -2.10. The molecule has 0 saturated carbocycles. The number of carbonyl (C=O) groups is 2. The van der Waals surface area contributed by atoms with Gasteiger partial charge in [-0.15, -0.1) is 0 Å². The molecule has 0 aliphatic rings. The Morgan fingerprint density at radius 3 is 1.84 bits per heavy atom. The first-order valence-corrected chi connectivity index (χ1v) is 10.0. The standard InChI is InChI=1S/C27H20NO4/c29-26(22-10-4-1-5-11-22)31-24-15-14-21(16-19-28-17-8-3-9-18-28)25(20-24)32-27(30)23-12-6-2-7-13-23/h1-20H/q+1. The highest BCUT2D eigenvalue weighted by molar-refractivity contribution is 5.92. The van der Waals surface area contributed by atoms with Crippen LogP contribution in [0.15, 0.2) is 109 Å². The molecular weight excluding hydrogens is 402 g/mol. The number of rotatable bonds is 6. The smallest absolute Gasteiger partial charge is 0.343 e. The molecule has 4 rings (SSSR count). The van der Waals surface area contributed by atoms with Gasteiger partial charge in [-0.05, 0) is 36.4 Å². The van der Waals surface area contributed by atoms with Crippen LogP contribution in [0.2, 0.25) is 0 Å².